The Labute approximate surface area is 89.6 Å². The standard InChI is InChI=1S/C12H28N2/c1-10(2)7-5-6-8-14-9-12(13)11(3)4/h10-12,14H,5-9,13H2,1-4H3. The zero-order chi connectivity index (χ0) is 11.0. The summed E-state index contributed by atoms with van der Waals surface area (Å²) < 4.78 is 0. The molecule has 1 atom stereocenters. The Kier molecular flexibility index (Phi) is 8.20. The number of hydrogen-bond donors (Lipinski definition) is 2. The average Bonchev–Trinajstić information content (AvgIpc) is 2.09. The van der Waals surface area contributed by atoms with Gasteiger partial charge < -0.3 is 11.1 Å². The topological polar surface area (TPSA) is 38.0 Å². The molecular formula is C12H28N2. The summed E-state index contributed by atoms with van der Waals surface area (Å²) in [6.07, 6.45) is 3.96. The molecule has 0 rings (SSSR count). The average molecular weight is 200 g/mol. The summed E-state index contributed by atoms with van der Waals surface area (Å²) in [5.74, 6) is 1.42. The zero-order valence-corrected chi connectivity index (χ0v) is 10.3. The number of nitrogens with one attached hydrogen (secondary N) is 1. The van der Waals surface area contributed by atoms with E-state index in [9.17, 15) is 0 Å². The third-order valence-electron chi connectivity index (χ3n) is 2.62. The third-order valence-corrected chi connectivity index (χ3v) is 2.62. The van der Waals surface area contributed by atoms with Crippen LogP contribution in [-0.4, -0.2) is 19.1 Å². The monoisotopic (exact) mass is 200 g/mol. The van der Waals surface area contributed by atoms with E-state index in [1.54, 1.807) is 0 Å². The Morgan fingerprint density at radius 3 is 2.21 bits per heavy atom. The highest BCUT2D eigenvalue weighted by Crippen LogP contribution is 2.05. The van der Waals surface area contributed by atoms with Crippen molar-refractivity contribution in [2.24, 2.45) is 17.6 Å². The highest BCUT2D eigenvalue weighted by molar-refractivity contribution is 4.67. The second-order valence-electron chi connectivity index (χ2n) is 5.00. The minimum Gasteiger partial charge on any atom is -0.326 e. The zero-order valence-electron chi connectivity index (χ0n) is 10.3. The highest BCUT2D eigenvalue weighted by Gasteiger charge is 2.05. The fraction of sp³-hybridized carbons (Fsp3) is 1.00. The van der Waals surface area contributed by atoms with E-state index in [1.165, 1.54) is 19.3 Å². The van der Waals surface area contributed by atoms with Crippen molar-refractivity contribution in [2.45, 2.75) is 53.0 Å². The maximum atomic E-state index is 5.92. The van der Waals surface area contributed by atoms with E-state index < -0.39 is 0 Å². The Balaban J connectivity index is 3.13. The maximum Gasteiger partial charge on any atom is 0.0188 e. The van der Waals surface area contributed by atoms with Crippen LogP contribution in [0.25, 0.3) is 0 Å². The molecule has 0 aromatic heterocycles. The lowest BCUT2D eigenvalue weighted by atomic mass is 10.1. The van der Waals surface area contributed by atoms with Gasteiger partial charge in [0.25, 0.3) is 0 Å². The first kappa shape index (κ1) is 13.9. The molecular weight excluding hydrogens is 172 g/mol. The van der Waals surface area contributed by atoms with E-state index in [4.69, 9.17) is 5.73 Å². The van der Waals surface area contributed by atoms with E-state index >= 15 is 0 Å². The lowest BCUT2D eigenvalue weighted by Gasteiger charge is -2.16. The SMILES string of the molecule is CC(C)CCCCNCC(N)C(C)C. The van der Waals surface area contributed by atoms with Gasteiger partial charge in [-0.3, -0.25) is 0 Å². The van der Waals surface area contributed by atoms with Gasteiger partial charge in [0.1, 0.15) is 0 Å². The summed E-state index contributed by atoms with van der Waals surface area (Å²) in [6.45, 7) is 11.0. The Bertz CT molecular complexity index is 121. The number of hydrogen-bond acceptors (Lipinski definition) is 2. The van der Waals surface area contributed by atoms with Crippen molar-refractivity contribution in [2.75, 3.05) is 13.1 Å². The van der Waals surface area contributed by atoms with Gasteiger partial charge in [-0.25, -0.2) is 0 Å². The van der Waals surface area contributed by atoms with Crippen LogP contribution in [0, 0.1) is 11.8 Å². The van der Waals surface area contributed by atoms with Crippen LogP contribution < -0.4 is 11.1 Å². The van der Waals surface area contributed by atoms with Crippen LogP contribution in [0.2, 0.25) is 0 Å². The quantitative estimate of drug-likeness (QED) is 0.590. The van der Waals surface area contributed by atoms with Crippen molar-refractivity contribution in [3.63, 3.8) is 0 Å². The molecule has 0 aliphatic heterocycles. The summed E-state index contributed by atoms with van der Waals surface area (Å²) in [5, 5.41) is 3.42. The van der Waals surface area contributed by atoms with Crippen molar-refractivity contribution in [3.05, 3.63) is 0 Å². The first-order valence-corrected chi connectivity index (χ1v) is 6.00. The molecule has 14 heavy (non-hydrogen) atoms. The van der Waals surface area contributed by atoms with Gasteiger partial charge in [0.2, 0.25) is 0 Å². The summed E-state index contributed by atoms with van der Waals surface area (Å²) in [5.41, 5.74) is 5.92. The molecule has 86 valence electrons. The summed E-state index contributed by atoms with van der Waals surface area (Å²) in [4.78, 5) is 0. The van der Waals surface area contributed by atoms with E-state index in [0.717, 1.165) is 19.0 Å². The summed E-state index contributed by atoms with van der Waals surface area (Å²) >= 11 is 0. The van der Waals surface area contributed by atoms with E-state index in [-0.39, 0.29) is 0 Å². The highest BCUT2D eigenvalue weighted by atomic mass is 14.9. The summed E-state index contributed by atoms with van der Waals surface area (Å²) in [7, 11) is 0. The molecule has 0 radical (unpaired) electrons. The van der Waals surface area contributed by atoms with Crippen LogP contribution in [0.4, 0.5) is 0 Å². The smallest absolute Gasteiger partial charge is 0.0188 e. The van der Waals surface area contributed by atoms with E-state index in [1.807, 2.05) is 0 Å². The van der Waals surface area contributed by atoms with Crippen molar-refractivity contribution < 1.29 is 0 Å². The van der Waals surface area contributed by atoms with Gasteiger partial charge >= 0.3 is 0 Å². The molecule has 0 bridgehead atoms. The molecule has 0 saturated heterocycles. The molecule has 0 aromatic carbocycles. The predicted molar refractivity (Wildman–Crippen MR) is 64.4 cm³/mol. The molecule has 0 saturated carbocycles. The Morgan fingerprint density at radius 2 is 1.71 bits per heavy atom. The van der Waals surface area contributed by atoms with Gasteiger partial charge in [0.15, 0.2) is 0 Å². The third kappa shape index (κ3) is 8.52. The molecule has 1 unspecified atom stereocenters. The lowest BCUT2D eigenvalue weighted by Crippen LogP contribution is -2.38. The molecule has 3 N–H and O–H groups in total. The molecule has 0 aromatic rings. The largest absolute Gasteiger partial charge is 0.326 e. The first-order chi connectivity index (χ1) is 6.54. The van der Waals surface area contributed by atoms with Crippen LogP contribution in [0.3, 0.4) is 0 Å². The minimum atomic E-state index is 0.306. The lowest BCUT2D eigenvalue weighted by molar-refractivity contribution is 0.448. The van der Waals surface area contributed by atoms with Crippen LogP contribution in [0.1, 0.15) is 47.0 Å². The number of nitrogens with two attached hydrogens (primary N) is 1. The van der Waals surface area contributed by atoms with Crippen LogP contribution in [-0.2, 0) is 0 Å². The molecule has 0 aliphatic rings. The Morgan fingerprint density at radius 1 is 1.07 bits per heavy atom. The van der Waals surface area contributed by atoms with E-state index in [2.05, 4.69) is 33.0 Å². The van der Waals surface area contributed by atoms with Gasteiger partial charge in [-0.15, -0.1) is 0 Å². The van der Waals surface area contributed by atoms with Crippen LogP contribution in [0.15, 0.2) is 0 Å². The number of unbranched alkanes of at least 4 members (excludes halogenated alkanes) is 1. The van der Waals surface area contributed by atoms with Crippen LogP contribution >= 0.6 is 0 Å². The first-order valence-electron chi connectivity index (χ1n) is 6.00. The van der Waals surface area contributed by atoms with Crippen molar-refractivity contribution in [1.82, 2.24) is 5.32 Å². The van der Waals surface area contributed by atoms with Crippen LogP contribution in [0.5, 0.6) is 0 Å². The second-order valence-corrected chi connectivity index (χ2v) is 5.00. The molecule has 0 spiro atoms. The predicted octanol–water partition coefficient (Wildman–Crippen LogP) is 2.39. The van der Waals surface area contributed by atoms with Gasteiger partial charge in [0, 0.05) is 12.6 Å². The fourth-order valence-electron chi connectivity index (χ4n) is 1.31. The van der Waals surface area contributed by atoms with E-state index in [0.29, 0.717) is 12.0 Å². The molecule has 0 fully saturated rings. The van der Waals surface area contributed by atoms with Crippen molar-refractivity contribution in [3.8, 4) is 0 Å². The molecule has 0 amide bonds. The van der Waals surface area contributed by atoms with Gasteiger partial charge in [-0.2, -0.15) is 0 Å². The number of rotatable bonds is 8. The van der Waals surface area contributed by atoms with Crippen molar-refractivity contribution in [1.29, 1.82) is 0 Å². The molecule has 0 aliphatic carbocycles. The van der Waals surface area contributed by atoms with Crippen molar-refractivity contribution >= 4 is 0 Å². The molecule has 0 heterocycles. The molecule has 2 heteroatoms. The Hall–Kier alpha value is -0.0800. The second kappa shape index (κ2) is 8.25. The fourth-order valence-corrected chi connectivity index (χ4v) is 1.31. The normalized spacial score (nSPS) is 13.9. The van der Waals surface area contributed by atoms with Gasteiger partial charge in [0.05, 0.1) is 0 Å². The maximum absolute atomic E-state index is 5.92. The van der Waals surface area contributed by atoms with Gasteiger partial charge in [-0.05, 0) is 24.8 Å². The minimum absolute atomic E-state index is 0.306. The summed E-state index contributed by atoms with van der Waals surface area (Å²) in [6, 6.07) is 0.306. The molecule has 2 nitrogen and oxygen atoms in total. The van der Waals surface area contributed by atoms with Gasteiger partial charge in [-0.1, -0.05) is 40.5 Å².